The Bertz CT molecular complexity index is 570. The fourth-order valence-corrected chi connectivity index (χ4v) is 2.92. The van der Waals surface area contributed by atoms with E-state index < -0.39 is 11.9 Å². The van der Waals surface area contributed by atoms with E-state index in [-0.39, 0.29) is 24.7 Å². The number of rotatable bonds is 6. The van der Waals surface area contributed by atoms with Crippen molar-refractivity contribution in [3.05, 3.63) is 35.9 Å². The number of likely N-dealkylation sites (tertiary alicyclic amines) is 1. The van der Waals surface area contributed by atoms with Crippen molar-refractivity contribution in [3.8, 4) is 0 Å². The third-order valence-corrected chi connectivity index (χ3v) is 4.25. The number of carbonyl (C=O) groups excluding carboxylic acids is 3. The Hall–Kier alpha value is -2.17. The third kappa shape index (κ3) is 4.41. The highest BCUT2D eigenvalue weighted by atomic mass is 16.5. The summed E-state index contributed by atoms with van der Waals surface area (Å²) in [6.45, 7) is 4.51. The molecule has 23 heavy (non-hydrogen) atoms. The molecule has 1 fully saturated rings. The van der Waals surface area contributed by atoms with Gasteiger partial charge in [-0.2, -0.15) is 0 Å². The highest BCUT2D eigenvalue weighted by Gasteiger charge is 2.33. The van der Waals surface area contributed by atoms with Crippen LogP contribution in [-0.2, 0) is 19.1 Å². The zero-order chi connectivity index (χ0) is 16.8. The molecule has 0 spiro atoms. The summed E-state index contributed by atoms with van der Waals surface area (Å²) < 4.78 is 4.89. The molecule has 1 aromatic carbocycles. The fraction of sp³-hybridized carbons (Fsp3) is 0.500. The van der Waals surface area contributed by atoms with Gasteiger partial charge >= 0.3 is 5.97 Å². The van der Waals surface area contributed by atoms with E-state index in [4.69, 9.17) is 4.74 Å². The molecule has 0 unspecified atom stereocenters. The van der Waals surface area contributed by atoms with Crippen LogP contribution in [0.2, 0.25) is 0 Å². The number of benzene rings is 1. The summed E-state index contributed by atoms with van der Waals surface area (Å²) in [7, 11) is 0. The normalized spacial score (nSPS) is 18.5. The van der Waals surface area contributed by atoms with Gasteiger partial charge in [-0.25, -0.2) is 0 Å². The van der Waals surface area contributed by atoms with Crippen LogP contribution >= 0.6 is 0 Å². The maximum absolute atomic E-state index is 12.4. The highest BCUT2D eigenvalue weighted by molar-refractivity contribution is 6.01. The quantitative estimate of drug-likeness (QED) is 0.596. The van der Waals surface area contributed by atoms with Crippen LogP contribution in [0.5, 0.6) is 0 Å². The summed E-state index contributed by atoms with van der Waals surface area (Å²) in [6.07, 6.45) is 0.801. The van der Waals surface area contributed by atoms with Gasteiger partial charge in [0.15, 0.2) is 0 Å². The number of hydrogen-bond donors (Lipinski definition) is 0. The molecule has 1 aliphatic heterocycles. The average Bonchev–Trinajstić information content (AvgIpc) is 3.03. The third-order valence-electron chi connectivity index (χ3n) is 4.25. The van der Waals surface area contributed by atoms with Gasteiger partial charge in [0.05, 0.1) is 6.61 Å². The van der Waals surface area contributed by atoms with Gasteiger partial charge in [0, 0.05) is 25.4 Å². The van der Waals surface area contributed by atoms with Crippen LogP contribution in [-0.4, -0.2) is 42.3 Å². The van der Waals surface area contributed by atoms with Crippen LogP contribution in [0.25, 0.3) is 0 Å². The van der Waals surface area contributed by atoms with E-state index in [2.05, 4.69) is 12.1 Å². The first kappa shape index (κ1) is 17.2. The first-order valence-electron chi connectivity index (χ1n) is 8.02. The molecule has 0 aromatic heterocycles. The molecule has 124 valence electrons. The molecule has 0 aliphatic carbocycles. The monoisotopic (exact) mass is 317 g/mol. The summed E-state index contributed by atoms with van der Waals surface area (Å²) >= 11 is 0. The molecular formula is C18H23NO4. The van der Waals surface area contributed by atoms with E-state index in [9.17, 15) is 14.4 Å². The molecule has 5 nitrogen and oxygen atoms in total. The Morgan fingerprint density at radius 1 is 1.26 bits per heavy atom. The number of hydrogen-bond acceptors (Lipinski definition) is 4. The average molecular weight is 317 g/mol. The second-order valence-electron chi connectivity index (χ2n) is 5.86. The minimum Gasteiger partial charge on any atom is -0.465 e. The van der Waals surface area contributed by atoms with Gasteiger partial charge in [-0.1, -0.05) is 30.3 Å². The van der Waals surface area contributed by atoms with Crippen LogP contribution in [0.15, 0.2) is 30.3 Å². The van der Waals surface area contributed by atoms with Crippen molar-refractivity contribution in [3.63, 3.8) is 0 Å². The second kappa shape index (κ2) is 7.90. The van der Waals surface area contributed by atoms with Crippen molar-refractivity contribution in [2.45, 2.75) is 32.6 Å². The molecule has 1 amide bonds. The van der Waals surface area contributed by atoms with Gasteiger partial charge in [-0.3, -0.25) is 14.4 Å². The van der Waals surface area contributed by atoms with E-state index in [0.717, 1.165) is 6.42 Å². The SMILES string of the molecule is CCOC(=O)[C@@H](CC(=O)N1CC[C@H](c2ccccc2)C1)C(C)=O. The van der Waals surface area contributed by atoms with Crippen molar-refractivity contribution in [2.75, 3.05) is 19.7 Å². The lowest BCUT2D eigenvalue weighted by molar-refractivity contribution is -0.154. The topological polar surface area (TPSA) is 63.7 Å². The number of esters is 1. The molecule has 0 bridgehead atoms. The summed E-state index contributed by atoms with van der Waals surface area (Å²) in [5.41, 5.74) is 1.22. The van der Waals surface area contributed by atoms with E-state index in [1.165, 1.54) is 12.5 Å². The highest BCUT2D eigenvalue weighted by Crippen LogP contribution is 2.27. The molecule has 2 atom stereocenters. The van der Waals surface area contributed by atoms with Crippen LogP contribution < -0.4 is 0 Å². The van der Waals surface area contributed by atoms with Gasteiger partial charge in [0.2, 0.25) is 5.91 Å². The second-order valence-corrected chi connectivity index (χ2v) is 5.86. The Morgan fingerprint density at radius 3 is 2.57 bits per heavy atom. The van der Waals surface area contributed by atoms with Gasteiger partial charge in [-0.05, 0) is 25.8 Å². The zero-order valence-electron chi connectivity index (χ0n) is 13.7. The van der Waals surface area contributed by atoms with Crippen LogP contribution in [0.3, 0.4) is 0 Å². The number of nitrogens with zero attached hydrogens (tertiary/aromatic N) is 1. The van der Waals surface area contributed by atoms with Crippen LogP contribution in [0.4, 0.5) is 0 Å². The Labute approximate surface area is 136 Å². The molecule has 1 aromatic rings. The lowest BCUT2D eigenvalue weighted by Gasteiger charge is -2.19. The minimum atomic E-state index is -0.988. The maximum Gasteiger partial charge on any atom is 0.316 e. The largest absolute Gasteiger partial charge is 0.465 e. The van der Waals surface area contributed by atoms with Crippen molar-refractivity contribution in [1.82, 2.24) is 4.90 Å². The molecule has 5 heteroatoms. The Morgan fingerprint density at radius 2 is 1.96 bits per heavy atom. The van der Waals surface area contributed by atoms with Crippen molar-refractivity contribution >= 4 is 17.7 Å². The smallest absolute Gasteiger partial charge is 0.316 e. The Kier molecular flexibility index (Phi) is 5.90. The molecular weight excluding hydrogens is 294 g/mol. The lowest BCUT2D eigenvalue weighted by Crippen LogP contribution is -2.34. The summed E-state index contributed by atoms with van der Waals surface area (Å²) in [4.78, 5) is 37.6. The lowest BCUT2D eigenvalue weighted by atomic mass is 9.98. The number of ketones is 1. The zero-order valence-corrected chi connectivity index (χ0v) is 13.7. The van der Waals surface area contributed by atoms with Crippen LogP contribution in [0, 0.1) is 5.92 Å². The number of ether oxygens (including phenoxy) is 1. The number of Topliss-reactive ketones (excluding diaryl/α,β-unsaturated/α-hetero) is 1. The summed E-state index contributed by atoms with van der Waals surface area (Å²) in [5, 5.41) is 0. The molecule has 1 aliphatic rings. The molecule has 0 saturated carbocycles. The first-order valence-corrected chi connectivity index (χ1v) is 8.02. The maximum atomic E-state index is 12.4. The number of amides is 1. The predicted octanol–water partition coefficient (Wildman–Crippen LogP) is 2.16. The van der Waals surface area contributed by atoms with Crippen molar-refractivity contribution < 1.29 is 19.1 Å². The van der Waals surface area contributed by atoms with Gasteiger partial charge in [-0.15, -0.1) is 0 Å². The van der Waals surface area contributed by atoms with E-state index in [1.807, 2.05) is 18.2 Å². The first-order chi connectivity index (χ1) is 11.0. The van der Waals surface area contributed by atoms with E-state index in [1.54, 1.807) is 11.8 Å². The standard InChI is InChI=1S/C18H23NO4/c1-3-23-18(22)16(13(2)20)11-17(21)19-10-9-15(12-19)14-7-5-4-6-8-14/h4-8,15-16H,3,9-12H2,1-2H3/t15-,16-/m0/s1. The number of carbonyl (C=O) groups is 3. The predicted molar refractivity (Wildman–Crippen MR) is 85.8 cm³/mol. The molecule has 0 N–H and O–H groups in total. The van der Waals surface area contributed by atoms with Crippen molar-refractivity contribution in [2.24, 2.45) is 5.92 Å². The fourth-order valence-electron chi connectivity index (χ4n) is 2.92. The summed E-state index contributed by atoms with van der Waals surface area (Å²) in [6, 6.07) is 10.1. The summed E-state index contributed by atoms with van der Waals surface area (Å²) in [5.74, 6) is -1.75. The van der Waals surface area contributed by atoms with E-state index >= 15 is 0 Å². The molecule has 2 rings (SSSR count). The molecule has 1 heterocycles. The molecule has 0 radical (unpaired) electrons. The Balaban J connectivity index is 1.95. The van der Waals surface area contributed by atoms with Crippen LogP contribution in [0.1, 0.15) is 38.2 Å². The van der Waals surface area contributed by atoms with Gasteiger partial charge in [0.1, 0.15) is 11.7 Å². The molecule has 1 saturated heterocycles. The minimum absolute atomic E-state index is 0.102. The van der Waals surface area contributed by atoms with Gasteiger partial charge in [0.25, 0.3) is 0 Å². The van der Waals surface area contributed by atoms with Crippen molar-refractivity contribution in [1.29, 1.82) is 0 Å². The van der Waals surface area contributed by atoms with E-state index in [0.29, 0.717) is 19.0 Å². The van der Waals surface area contributed by atoms with Gasteiger partial charge < -0.3 is 9.64 Å².